The second-order valence-electron chi connectivity index (χ2n) is 13.6. The van der Waals surface area contributed by atoms with Gasteiger partial charge in [0.05, 0.1) is 19.3 Å². The topological polar surface area (TPSA) is 58.2 Å². The SMILES string of the molecule is Cc1ccccc1NCC1(O[Si](C)(C)C)OCC(O[Si](C)(C)C)C(O[Si](C)(C)C)C1O[Si](C)(C)C. The lowest BCUT2D eigenvalue weighted by atomic mass is 9.96. The van der Waals surface area contributed by atoms with Crippen molar-refractivity contribution in [2.24, 2.45) is 0 Å². The van der Waals surface area contributed by atoms with Crippen LogP contribution in [0.5, 0.6) is 0 Å². The van der Waals surface area contributed by atoms with Crippen molar-refractivity contribution in [3.05, 3.63) is 29.8 Å². The highest BCUT2D eigenvalue weighted by molar-refractivity contribution is 6.71. The lowest BCUT2D eigenvalue weighted by molar-refractivity contribution is -0.295. The van der Waals surface area contributed by atoms with Gasteiger partial charge in [0, 0.05) is 5.69 Å². The Bertz CT molecular complexity index is 829. The Balaban J connectivity index is 2.59. The summed E-state index contributed by atoms with van der Waals surface area (Å²) in [6, 6.07) is 8.32. The van der Waals surface area contributed by atoms with E-state index in [2.05, 4.69) is 109 Å². The molecule has 1 aliphatic rings. The lowest BCUT2D eigenvalue weighted by Crippen LogP contribution is -2.71. The van der Waals surface area contributed by atoms with E-state index in [9.17, 15) is 0 Å². The Hall–Kier alpha value is -0.312. The molecule has 0 aliphatic carbocycles. The van der Waals surface area contributed by atoms with E-state index >= 15 is 0 Å². The molecule has 2 rings (SSSR count). The molecule has 0 aromatic heterocycles. The minimum atomic E-state index is -2.05. The van der Waals surface area contributed by atoms with Crippen LogP contribution in [0.4, 0.5) is 5.69 Å². The number of hydrogen-bond donors (Lipinski definition) is 1. The van der Waals surface area contributed by atoms with Crippen LogP contribution in [0.2, 0.25) is 78.6 Å². The number of nitrogens with one attached hydrogen (secondary N) is 1. The lowest BCUT2D eigenvalue weighted by Gasteiger charge is -2.54. The predicted octanol–water partition coefficient (Wildman–Crippen LogP) is 6.65. The molecule has 0 spiro atoms. The molecule has 4 atom stereocenters. The third-order valence-corrected chi connectivity index (χ3v) is 9.12. The van der Waals surface area contributed by atoms with E-state index in [1.54, 1.807) is 0 Å². The van der Waals surface area contributed by atoms with Gasteiger partial charge >= 0.3 is 0 Å². The minimum Gasteiger partial charge on any atom is -0.410 e. The molecule has 35 heavy (non-hydrogen) atoms. The van der Waals surface area contributed by atoms with Gasteiger partial charge in [0.15, 0.2) is 33.3 Å². The van der Waals surface area contributed by atoms with Crippen molar-refractivity contribution in [2.75, 3.05) is 18.5 Å². The van der Waals surface area contributed by atoms with Crippen molar-refractivity contribution in [3.8, 4) is 0 Å². The third-order valence-electron chi connectivity index (χ3n) is 5.21. The smallest absolute Gasteiger partial charge is 0.204 e. The summed E-state index contributed by atoms with van der Waals surface area (Å²) in [7, 11) is -7.87. The molecule has 0 bridgehead atoms. The molecule has 1 heterocycles. The van der Waals surface area contributed by atoms with E-state index in [-0.39, 0.29) is 12.2 Å². The van der Waals surface area contributed by atoms with Crippen LogP contribution in [-0.4, -0.2) is 70.5 Å². The van der Waals surface area contributed by atoms with Gasteiger partial charge in [0.2, 0.25) is 5.79 Å². The summed E-state index contributed by atoms with van der Waals surface area (Å²) in [5, 5.41) is 3.64. The standard InChI is InChI=1S/C25H51NO5Si4/c1-20-16-14-15-17-21(20)26-19-25(31-35(11,12)13)24(30-34(8,9)10)23(29-33(5,6)7)22(18-27-25)28-32(2,3)4/h14-17,22-24,26H,18-19H2,1-13H3. The minimum absolute atomic E-state index is 0.188. The van der Waals surface area contributed by atoms with E-state index in [0.717, 1.165) is 5.69 Å². The zero-order chi connectivity index (χ0) is 26.9. The summed E-state index contributed by atoms with van der Waals surface area (Å²) in [6.07, 6.45) is -0.852. The molecule has 10 heteroatoms. The van der Waals surface area contributed by atoms with E-state index in [4.69, 9.17) is 22.4 Å². The molecule has 1 fully saturated rings. The van der Waals surface area contributed by atoms with Crippen molar-refractivity contribution < 1.29 is 22.4 Å². The molecular formula is C25H51NO5Si4. The largest absolute Gasteiger partial charge is 0.410 e. The maximum atomic E-state index is 6.97. The first-order chi connectivity index (χ1) is 15.7. The fraction of sp³-hybridized carbons (Fsp3) is 0.760. The highest BCUT2D eigenvalue weighted by Gasteiger charge is 2.57. The number of anilines is 1. The van der Waals surface area contributed by atoms with Crippen molar-refractivity contribution in [2.45, 2.75) is 110 Å². The second kappa shape index (κ2) is 11.2. The summed E-state index contributed by atoms with van der Waals surface area (Å²) in [5.74, 6) is -0.976. The van der Waals surface area contributed by atoms with Gasteiger partial charge in [-0.25, -0.2) is 0 Å². The normalized spacial score (nSPS) is 26.6. The average Bonchev–Trinajstić information content (AvgIpc) is 2.62. The first kappa shape index (κ1) is 30.9. The Morgan fingerprint density at radius 1 is 0.800 bits per heavy atom. The number of rotatable bonds is 11. The van der Waals surface area contributed by atoms with Crippen molar-refractivity contribution in [1.29, 1.82) is 0 Å². The molecule has 6 nitrogen and oxygen atoms in total. The molecule has 1 aromatic rings. The quantitative estimate of drug-likeness (QED) is 0.308. The average molecular weight is 558 g/mol. The number of benzene rings is 1. The molecule has 0 saturated carbocycles. The number of aryl methyl sites for hydroxylation is 1. The summed E-state index contributed by atoms with van der Waals surface area (Å²) >= 11 is 0. The molecule has 1 saturated heterocycles. The zero-order valence-electron chi connectivity index (χ0n) is 24.5. The van der Waals surface area contributed by atoms with Crippen molar-refractivity contribution in [3.63, 3.8) is 0 Å². The molecule has 0 radical (unpaired) electrons. The summed E-state index contributed by atoms with van der Waals surface area (Å²) in [5.41, 5.74) is 2.26. The Morgan fingerprint density at radius 3 is 1.83 bits per heavy atom. The van der Waals surface area contributed by atoms with Crippen LogP contribution in [0.25, 0.3) is 0 Å². The van der Waals surface area contributed by atoms with Gasteiger partial charge < -0.3 is 27.8 Å². The monoisotopic (exact) mass is 557 g/mol. The van der Waals surface area contributed by atoms with Crippen molar-refractivity contribution in [1.82, 2.24) is 0 Å². The third kappa shape index (κ3) is 10.2. The fourth-order valence-electron chi connectivity index (χ4n) is 4.27. The first-order valence-electron chi connectivity index (χ1n) is 12.9. The van der Waals surface area contributed by atoms with E-state index < -0.39 is 45.2 Å². The van der Waals surface area contributed by atoms with E-state index in [1.807, 2.05) is 6.07 Å². The van der Waals surface area contributed by atoms with Gasteiger partial charge in [-0.1, -0.05) is 18.2 Å². The second-order valence-corrected chi connectivity index (χ2v) is 31.4. The predicted molar refractivity (Wildman–Crippen MR) is 157 cm³/mol. The fourth-order valence-corrected chi connectivity index (χ4v) is 8.83. The first-order valence-corrected chi connectivity index (χ1v) is 26.5. The van der Waals surface area contributed by atoms with Crippen LogP contribution in [-0.2, 0) is 22.4 Å². The van der Waals surface area contributed by atoms with Gasteiger partial charge in [-0.3, -0.25) is 0 Å². The van der Waals surface area contributed by atoms with Crippen LogP contribution in [0, 0.1) is 6.92 Å². The number of hydrogen-bond acceptors (Lipinski definition) is 6. The van der Waals surface area contributed by atoms with Crippen LogP contribution in [0.1, 0.15) is 5.56 Å². The molecule has 1 aliphatic heterocycles. The molecule has 1 aromatic carbocycles. The number of para-hydroxylation sites is 1. The van der Waals surface area contributed by atoms with Gasteiger partial charge in [-0.05, 0) is 97.1 Å². The van der Waals surface area contributed by atoms with Crippen LogP contribution >= 0.6 is 0 Å². The summed E-state index contributed by atoms with van der Waals surface area (Å²) < 4.78 is 34.2. The maximum absolute atomic E-state index is 6.97. The molecule has 4 unspecified atom stereocenters. The van der Waals surface area contributed by atoms with Gasteiger partial charge in [-0.2, -0.15) is 0 Å². The highest BCUT2D eigenvalue weighted by atomic mass is 28.4. The zero-order valence-corrected chi connectivity index (χ0v) is 28.5. The Morgan fingerprint density at radius 2 is 1.34 bits per heavy atom. The molecular weight excluding hydrogens is 507 g/mol. The molecule has 1 N–H and O–H groups in total. The van der Waals surface area contributed by atoms with E-state index in [0.29, 0.717) is 13.2 Å². The van der Waals surface area contributed by atoms with E-state index in [1.165, 1.54) is 5.56 Å². The number of ether oxygens (including phenoxy) is 1. The maximum Gasteiger partial charge on any atom is 0.204 e. The summed E-state index contributed by atoms with van der Waals surface area (Å²) in [6.45, 7) is 29.6. The van der Waals surface area contributed by atoms with Gasteiger partial charge in [-0.15, -0.1) is 0 Å². The van der Waals surface area contributed by atoms with Gasteiger partial charge in [0.25, 0.3) is 0 Å². The van der Waals surface area contributed by atoms with Crippen LogP contribution in [0.15, 0.2) is 24.3 Å². The highest BCUT2D eigenvalue weighted by Crippen LogP contribution is 2.39. The Labute approximate surface area is 218 Å². The molecule has 0 amide bonds. The molecule has 202 valence electrons. The van der Waals surface area contributed by atoms with Crippen LogP contribution < -0.4 is 5.32 Å². The van der Waals surface area contributed by atoms with Crippen LogP contribution in [0.3, 0.4) is 0 Å². The summed E-state index contributed by atoms with van der Waals surface area (Å²) in [4.78, 5) is 0. The van der Waals surface area contributed by atoms with Gasteiger partial charge in [0.1, 0.15) is 12.2 Å². The Kier molecular flexibility index (Phi) is 9.89. The van der Waals surface area contributed by atoms with Crippen molar-refractivity contribution >= 4 is 39.0 Å².